The quantitative estimate of drug-likeness (QED) is 0.703. The van der Waals surface area contributed by atoms with Gasteiger partial charge in [0, 0.05) is 1.43 Å². The molecule has 0 aliphatic rings. The molecule has 3 nitrogen and oxygen atoms in total. The van der Waals surface area contributed by atoms with E-state index in [2.05, 4.69) is 10.1 Å². The van der Waals surface area contributed by atoms with Crippen molar-refractivity contribution in [2.45, 2.75) is 0 Å². The summed E-state index contributed by atoms with van der Waals surface area (Å²) in [4.78, 5) is 10.6. The lowest BCUT2D eigenvalue weighted by atomic mass is 10.3. The third-order valence-corrected chi connectivity index (χ3v) is 1.30. The van der Waals surface area contributed by atoms with Crippen molar-refractivity contribution in [3.8, 4) is 0 Å². The van der Waals surface area contributed by atoms with Crippen molar-refractivity contribution < 1.29 is 15.3 Å². The standard InChI is InChI=1S/C8H8FNO2.H2/c1-12-8(11)10-7-5-3-2-4-6(7)9;/h2-5H,1H3,(H,10,11);1H. The molecular formula is C8H10FNO2. The van der Waals surface area contributed by atoms with Crippen LogP contribution in [0.4, 0.5) is 14.9 Å². The number of carbonyl (C=O) groups is 1. The largest absolute Gasteiger partial charge is 0.453 e. The molecule has 1 aromatic rings. The lowest BCUT2D eigenvalue weighted by Gasteiger charge is -2.03. The number of carbonyl (C=O) groups excluding carboxylic acids is 1. The predicted octanol–water partition coefficient (Wildman–Crippen LogP) is 2.25. The van der Waals surface area contributed by atoms with E-state index in [1.165, 1.54) is 25.3 Å². The molecule has 1 N–H and O–H groups in total. The van der Waals surface area contributed by atoms with Gasteiger partial charge in [-0.15, -0.1) is 0 Å². The van der Waals surface area contributed by atoms with Crippen molar-refractivity contribution in [2.75, 3.05) is 12.4 Å². The number of hydrogen-bond acceptors (Lipinski definition) is 2. The minimum Gasteiger partial charge on any atom is -0.453 e. The van der Waals surface area contributed by atoms with E-state index in [4.69, 9.17) is 0 Å². The van der Waals surface area contributed by atoms with Crippen LogP contribution in [-0.2, 0) is 4.74 Å². The van der Waals surface area contributed by atoms with Gasteiger partial charge in [0.05, 0.1) is 12.8 Å². The maximum absolute atomic E-state index is 12.8. The molecule has 0 atom stereocenters. The average Bonchev–Trinajstić information content (AvgIpc) is 2.09. The van der Waals surface area contributed by atoms with Gasteiger partial charge in [-0.25, -0.2) is 9.18 Å². The Morgan fingerprint density at radius 3 is 2.83 bits per heavy atom. The van der Waals surface area contributed by atoms with Gasteiger partial charge >= 0.3 is 6.09 Å². The van der Waals surface area contributed by atoms with Crippen LogP contribution in [0.25, 0.3) is 0 Å². The number of anilines is 1. The number of benzene rings is 1. The van der Waals surface area contributed by atoms with Crippen LogP contribution in [0.2, 0.25) is 0 Å². The Hall–Kier alpha value is -1.58. The number of methoxy groups -OCH3 is 1. The summed E-state index contributed by atoms with van der Waals surface area (Å²) in [7, 11) is 1.22. The summed E-state index contributed by atoms with van der Waals surface area (Å²) in [5.74, 6) is -0.483. The fraction of sp³-hybridized carbons (Fsp3) is 0.125. The molecule has 0 aliphatic carbocycles. The molecule has 0 bridgehead atoms. The molecule has 0 aliphatic heterocycles. The molecule has 0 unspecified atom stereocenters. The predicted molar refractivity (Wildman–Crippen MR) is 44.5 cm³/mol. The molecule has 0 heterocycles. The summed E-state index contributed by atoms with van der Waals surface area (Å²) in [6, 6.07) is 5.86. The Morgan fingerprint density at radius 2 is 2.25 bits per heavy atom. The Balaban J connectivity index is 0.00000144. The van der Waals surface area contributed by atoms with Gasteiger partial charge in [-0.2, -0.15) is 0 Å². The normalized spacial score (nSPS) is 9.17. The number of hydrogen-bond donors (Lipinski definition) is 1. The van der Waals surface area contributed by atoms with E-state index in [1.54, 1.807) is 6.07 Å². The maximum Gasteiger partial charge on any atom is 0.411 e. The number of halogens is 1. The van der Waals surface area contributed by atoms with Crippen LogP contribution in [0, 0.1) is 5.82 Å². The highest BCUT2D eigenvalue weighted by Gasteiger charge is 2.03. The number of nitrogens with one attached hydrogen (secondary N) is 1. The summed E-state index contributed by atoms with van der Waals surface area (Å²) in [5, 5.41) is 2.22. The summed E-state index contributed by atoms with van der Waals surface area (Å²) >= 11 is 0. The van der Waals surface area contributed by atoms with Gasteiger partial charge in [-0.1, -0.05) is 12.1 Å². The summed E-state index contributed by atoms with van der Waals surface area (Å²) in [6.45, 7) is 0. The maximum atomic E-state index is 12.8. The highest BCUT2D eigenvalue weighted by molar-refractivity contribution is 5.84. The zero-order valence-corrected chi connectivity index (χ0v) is 6.50. The molecule has 0 fully saturated rings. The third kappa shape index (κ3) is 1.95. The van der Waals surface area contributed by atoms with E-state index < -0.39 is 11.9 Å². The molecule has 4 heteroatoms. The van der Waals surface area contributed by atoms with Crippen molar-refractivity contribution in [1.82, 2.24) is 0 Å². The van der Waals surface area contributed by atoms with Crippen LogP contribution in [0.5, 0.6) is 0 Å². The van der Waals surface area contributed by atoms with E-state index in [1.807, 2.05) is 0 Å². The van der Waals surface area contributed by atoms with Gasteiger partial charge in [0.1, 0.15) is 5.82 Å². The Labute approximate surface area is 70.6 Å². The second-order valence-corrected chi connectivity index (χ2v) is 2.10. The number of rotatable bonds is 1. The van der Waals surface area contributed by atoms with Crippen molar-refractivity contribution in [1.29, 1.82) is 0 Å². The van der Waals surface area contributed by atoms with Crippen LogP contribution in [-0.4, -0.2) is 13.2 Å². The molecule has 1 rings (SSSR count). The van der Waals surface area contributed by atoms with Gasteiger partial charge in [0.2, 0.25) is 0 Å². The molecule has 66 valence electrons. The monoisotopic (exact) mass is 171 g/mol. The van der Waals surface area contributed by atoms with Crippen LogP contribution < -0.4 is 5.32 Å². The average molecular weight is 171 g/mol. The van der Waals surface area contributed by atoms with Crippen molar-refractivity contribution in [2.24, 2.45) is 0 Å². The van der Waals surface area contributed by atoms with E-state index in [0.29, 0.717) is 0 Å². The summed E-state index contributed by atoms with van der Waals surface area (Å²) in [5.41, 5.74) is 0.115. The van der Waals surface area contributed by atoms with Crippen LogP contribution in [0.1, 0.15) is 1.43 Å². The molecule has 1 aromatic carbocycles. The van der Waals surface area contributed by atoms with Crippen LogP contribution in [0.15, 0.2) is 24.3 Å². The Bertz CT molecular complexity index is 293. The summed E-state index contributed by atoms with van der Waals surface area (Å²) < 4.78 is 17.1. The number of ether oxygens (including phenoxy) is 1. The molecule has 0 spiro atoms. The zero-order chi connectivity index (χ0) is 8.97. The Morgan fingerprint density at radius 1 is 1.58 bits per heavy atom. The van der Waals surface area contributed by atoms with Gasteiger partial charge in [-0.3, -0.25) is 5.32 Å². The molecule has 1 amide bonds. The van der Waals surface area contributed by atoms with E-state index in [0.717, 1.165) is 0 Å². The SMILES string of the molecule is COC(=O)Nc1ccccc1F.[HH]. The fourth-order valence-electron chi connectivity index (χ4n) is 0.724. The number of amides is 1. The van der Waals surface area contributed by atoms with Crippen LogP contribution in [0.3, 0.4) is 0 Å². The molecule has 12 heavy (non-hydrogen) atoms. The van der Waals surface area contributed by atoms with E-state index in [9.17, 15) is 9.18 Å². The van der Waals surface area contributed by atoms with Crippen molar-refractivity contribution in [3.05, 3.63) is 30.1 Å². The lowest BCUT2D eigenvalue weighted by molar-refractivity contribution is 0.187. The molecule has 0 saturated carbocycles. The van der Waals surface area contributed by atoms with E-state index >= 15 is 0 Å². The van der Waals surface area contributed by atoms with Crippen molar-refractivity contribution in [3.63, 3.8) is 0 Å². The van der Waals surface area contributed by atoms with E-state index in [-0.39, 0.29) is 7.11 Å². The molecule has 0 aromatic heterocycles. The number of para-hydroxylation sites is 1. The molecule has 0 saturated heterocycles. The van der Waals surface area contributed by atoms with Gasteiger partial charge in [0.15, 0.2) is 0 Å². The minimum absolute atomic E-state index is 0. The second kappa shape index (κ2) is 3.71. The fourth-order valence-corrected chi connectivity index (χ4v) is 0.724. The second-order valence-electron chi connectivity index (χ2n) is 2.10. The first-order chi connectivity index (χ1) is 5.74. The lowest BCUT2D eigenvalue weighted by Crippen LogP contribution is -2.11. The zero-order valence-electron chi connectivity index (χ0n) is 6.50. The van der Waals surface area contributed by atoms with Gasteiger partial charge < -0.3 is 4.74 Å². The van der Waals surface area contributed by atoms with Crippen molar-refractivity contribution >= 4 is 11.8 Å². The molecule has 0 radical (unpaired) electrons. The molecular weight excluding hydrogens is 161 g/mol. The smallest absolute Gasteiger partial charge is 0.411 e. The van der Waals surface area contributed by atoms with Gasteiger partial charge in [-0.05, 0) is 12.1 Å². The Kier molecular flexibility index (Phi) is 2.63. The topological polar surface area (TPSA) is 38.3 Å². The van der Waals surface area contributed by atoms with Crippen LogP contribution >= 0.6 is 0 Å². The summed E-state index contributed by atoms with van der Waals surface area (Å²) in [6.07, 6.45) is -0.680. The first kappa shape index (κ1) is 8.52. The highest BCUT2D eigenvalue weighted by atomic mass is 19.1. The minimum atomic E-state index is -0.680. The first-order valence-corrected chi connectivity index (χ1v) is 3.33. The highest BCUT2D eigenvalue weighted by Crippen LogP contribution is 2.11. The first-order valence-electron chi connectivity index (χ1n) is 3.33. The van der Waals surface area contributed by atoms with Gasteiger partial charge in [0.25, 0.3) is 0 Å². The third-order valence-electron chi connectivity index (χ3n) is 1.30.